The molecule has 2 rings (SSSR count). The number of benzene rings is 2. The predicted octanol–water partition coefficient (Wildman–Crippen LogP) is 7.79. The summed E-state index contributed by atoms with van der Waals surface area (Å²) in [5.74, 6) is 1.13. The van der Waals surface area contributed by atoms with Crippen LogP contribution < -0.4 is 4.74 Å². The lowest BCUT2D eigenvalue weighted by Gasteiger charge is -2.19. The number of carbonyl (C=O) groups is 1. The normalized spacial score (nSPS) is 11.7. The first-order valence-electron chi connectivity index (χ1n) is 8.96. The van der Waals surface area contributed by atoms with Crippen molar-refractivity contribution in [1.82, 2.24) is 4.90 Å². The molecule has 0 radical (unpaired) electrons. The Labute approximate surface area is 184 Å². The minimum atomic E-state index is -0.124. The Morgan fingerprint density at radius 3 is 2.46 bits per heavy atom. The van der Waals surface area contributed by atoms with E-state index in [1.54, 1.807) is 29.2 Å². The van der Waals surface area contributed by atoms with Crippen LogP contribution >= 0.6 is 39.1 Å². The summed E-state index contributed by atoms with van der Waals surface area (Å²) in [6.07, 6.45) is 7.53. The van der Waals surface area contributed by atoms with Crippen LogP contribution in [0.5, 0.6) is 11.5 Å². The minimum Gasteiger partial charge on any atom is -0.457 e. The van der Waals surface area contributed by atoms with Gasteiger partial charge in [0.15, 0.2) is 5.78 Å². The molecule has 0 aliphatic carbocycles. The zero-order valence-electron chi connectivity index (χ0n) is 15.8. The maximum Gasteiger partial charge on any atom is 0.184 e. The van der Waals surface area contributed by atoms with Crippen LogP contribution in [-0.2, 0) is 0 Å². The molecule has 0 fully saturated rings. The molecule has 2 aromatic rings. The molecule has 0 amide bonds. The lowest BCUT2D eigenvalue weighted by molar-refractivity contribution is 0.0968. The van der Waals surface area contributed by atoms with Gasteiger partial charge in [0, 0.05) is 22.3 Å². The van der Waals surface area contributed by atoms with Gasteiger partial charge in [0.1, 0.15) is 16.7 Å². The van der Waals surface area contributed by atoms with Gasteiger partial charge in [-0.15, -0.1) is 0 Å². The fourth-order valence-corrected chi connectivity index (χ4v) is 3.05. The molecule has 0 atom stereocenters. The van der Waals surface area contributed by atoms with E-state index in [-0.39, 0.29) is 12.3 Å². The summed E-state index contributed by atoms with van der Waals surface area (Å²) >= 11 is 16.0. The third kappa shape index (κ3) is 6.69. The topological polar surface area (TPSA) is 29.5 Å². The SMILES string of the molecule is C/C=C(/Cl)N(/C=C/CCC)CC(=O)c1ccc(Oc2ccc(Br)cc2)cc1Cl. The molecule has 0 spiro atoms. The zero-order valence-corrected chi connectivity index (χ0v) is 18.9. The van der Waals surface area contributed by atoms with Gasteiger partial charge in [-0.05, 0) is 49.7 Å². The van der Waals surface area contributed by atoms with Crippen LogP contribution in [0.15, 0.2) is 70.4 Å². The molecule has 0 bridgehead atoms. The highest BCUT2D eigenvalue weighted by molar-refractivity contribution is 9.10. The Bertz CT molecular complexity index is 863. The van der Waals surface area contributed by atoms with E-state index >= 15 is 0 Å². The van der Waals surface area contributed by atoms with E-state index in [0.29, 0.717) is 27.2 Å². The summed E-state index contributed by atoms with van der Waals surface area (Å²) in [6.45, 7) is 4.03. The minimum absolute atomic E-state index is 0.107. The maximum absolute atomic E-state index is 12.7. The second-order valence-corrected chi connectivity index (χ2v) is 7.74. The summed E-state index contributed by atoms with van der Waals surface area (Å²) < 4.78 is 6.75. The van der Waals surface area contributed by atoms with Crippen LogP contribution in [0, 0.1) is 0 Å². The van der Waals surface area contributed by atoms with Crippen molar-refractivity contribution in [1.29, 1.82) is 0 Å². The first-order valence-corrected chi connectivity index (χ1v) is 10.5. The van der Waals surface area contributed by atoms with Crippen LogP contribution in [0.1, 0.15) is 37.0 Å². The smallest absolute Gasteiger partial charge is 0.184 e. The average molecular weight is 483 g/mol. The van der Waals surface area contributed by atoms with Crippen LogP contribution in [0.2, 0.25) is 5.02 Å². The second kappa shape index (κ2) is 11.3. The van der Waals surface area contributed by atoms with Gasteiger partial charge < -0.3 is 9.64 Å². The van der Waals surface area contributed by atoms with E-state index in [9.17, 15) is 4.79 Å². The van der Waals surface area contributed by atoms with Gasteiger partial charge in [-0.2, -0.15) is 0 Å². The first kappa shape index (κ1) is 22.5. The van der Waals surface area contributed by atoms with E-state index in [1.165, 1.54) is 0 Å². The van der Waals surface area contributed by atoms with Gasteiger partial charge >= 0.3 is 0 Å². The fourth-order valence-electron chi connectivity index (χ4n) is 2.40. The van der Waals surface area contributed by atoms with Gasteiger partial charge in [-0.1, -0.05) is 64.6 Å². The van der Waals surface area contributed by atoms with E-state index < -0.39 is 0 Å². The summed E-state index contributed by atoms with van der Waals surface area (Å²) in [7, 11) is 0. The summed E-state index contributed by atoms with van der Waals surface area (Å²) in [4.78, 5) is 14.5. The number of unbranched alkanes of at least 4 members (excludes halogenated alkanes) is 1. The Kier molecular flexibility index (Phi) is 9.10. The van der Waals surface area contributed by atoms with Gasteiger partial charge in [0.2, 0.25) is 0 Å². The highest BCUT2D eigenvalue weighted by atomic mass is 79.9. The van der Waals surface area contributed by atoms with Crippen molar-refractivity contribution >= 4 is 44.9 Å². The second-order valence-electron chi connectivity index (χ2n) is 6.03. The Morgan fingerprint density at radius 2 is 1.86 bits per heavy atom. The molecular formula is C22H22BrCl2NO2. The molecule has 0 aliphatic rings. The molecule has 0 saturated carbocycles. The Balaban J connectivity index is 2.13. The standard InChI is InChI=1S/C22H22BrCl2NO2/c1-3-5-6-13-26(22(25)4-2)15-21(27)19-12-11-18(14-20(19)24)28-17-9-7-16(23)8-10-17/h4,6-14H,3,5,15H2,1-2H3/b13-6+,22-4-. The zero-order chi connectivity index (χ0) is 20.5. The van der Waals surface area contributed by atoms with Crippen LogP contribution in [0.3, 0.4) is 0 Å². The molecule has 0 aromatic heterocycles. The molecule has 148 valence electrons. The maximum atomic E-state index is 12.7. The Hall–Kier alpha value is -1.75. The largest absolute Gasteiger partial charge is 0.457 e. The number of rotatable bonds is 9. The number of ether oxygens (including phenoxy) is 1. The highest BCUT2D eigenvalue weighted by Gasteiger charge is 2.16. The number of allylic oxidation sites excluding steroid dienone is 2. The number of halogens is 3. The van der Waals surface area contributed by atoms with Crippen molar-refractivity contribution in [3.05, 3.63) is 81.0 Å². The van der Waals surface area contributed by atoms with Crippen LogP contribution in [0.4, 0.5) is 0 Å². The van der Waals surface area contributed by atoms with E-state index in [1.807, 2.05) is 43.5 Å². The Morgan fingerprint density at radius 1 is 1.18 bits per heavy atom. The quantitative estimate of drug-likeness (QED) is 0.269. The van der Waals surface area contributed by atoms with Crippen molar-refractivity contribution < 1.29 is 9.53 Å². The third-order valence-corrected chi connectivity index (χ3v) is 5.13. The summed E-state index contributed by atoms with van der Waals surface area (Å²) in [6, 6.07) is 12.5. The fraction of sp³-hybridized carbons (Fsp3) is 0.227. The van der Waals surface area contributed by atoms with Crippen molar-refractivity contribution in [3.63, 3.8) is 0 Å². The number of carbonyl (C=O) groups excluding carboxylic acids is 1. The molecule has 2 aromatic carbocycles. The third-order valence-electron chi connectivity index (χ3n) is 3.86. The number of hydrogen-bond acceptors (Lipinski definition) is 3. The summed E-state index contributed by atoms with van der Waals surface area (Å²) in [5.41, 5.74) is 0.430. The monoisotopic (exact) mass is 481 g/mol. The molecule has 0 saturated heterocycles. The summed E-state index contributed by atoms with van der Waals surface area (Å²) in [5, 5.41) is 0.834. The number of hydrogen-bond donors (Lipinski definition) is 0. The van der Waals surface area contributed by atoms with Crippen LogP contribution in [-0.4, -0.2) is 17.2 Å². The van der Waals surface area contributed by atoms with Gasteiger partial charge in [-0.25, -0.2) is 0 Å². The molecule has 0 heterocycles. The lowest BCUT2D eigenvalue weighted by atomic mass is 10.1. The molecule has 0 aliphatic heterocycles. The van der Waals surface area contributed by atoms with Gasteiger partial charge in [-0.3, -0.25) is 4.79 Å². The number of Topliss-reactive ketones (excluding diaryl/α,β-unsaturated/α-hetero) is 1. The van der Waals surface area contributed by atoms with Gasteiger partial charge in [0.05, 0.1) is 11.6 Å². The van der Waals surface area contributed by atoms with Crippen molar-refractivity contribution in [2.24, 2.45) is 0 Å². The van der Waals surface area contributed by atoms with Crippen LogP contribution in [0.25, 0.3) is 0 Å². The lowest BCUT2D eigenvalue weighted by Crippen LogP contribution is -2.23. The molecule has 28 heavy (non-hydrogen) atoms. The van der Waals surface area contributed by atoms with E-state index in [0.717, 1.165) is 17.3 Å². The van der Waals surface area contributed by atoms with Crippen molar-refractivity contribution in [3.8, 4) is 11.5 Å². The molecular weight excluding hydrogens is 461 g/mol. The van der Waals surface area contributed by atoms with Crippen molar-refractivity contribution in [2.45, 2.75) is 26.7 Å². The van der Waals surface area contributed by atoms with E-state index in [2.05, 4.69) is 22.9 Å². The predicted molar refractivity (Wildman–Crippen MR) is 120 cm³/mol. The molecule has 0 unspecified atom stereocenters. The number of ketones is 1. The van der Waals surface area contributed by atoms with Gasteiger partial charge in [0.25, 0.3) is 0 Å². The molecule has 6 heteroatoms. The van der Waals surface area contributed by atoms with Crippen molar-refractivity contribution in [2.75, 3.05) is 6.54 Å². The molecule has 0 N–H and O–H groups in total. The highest BCUT2D eigenvalue weighted by Crippen LogP contribution is 2.28. The number of nitrogens with zero attached hydrogens (tertiary/aromatic N) is 1. The first-order chi connectivity index (χ1) is 13.4. The molecule has 3 nitrogen and oxygen atoms in total. The van der Waals surface area contributed by atoms with E-state index in [4.69, 9.17) is 27.9 Å². The average Bonchev–Trinajstić information content (AvgIpc) is 2.68.